The van der Waals surface area contributed by atoms with Crippen molar-refractivity contribution in [3.05, 3.63) is 66.3 Å². The molecule has 2 aromatic heterocycles. The summed E-state index contributed by atoms with van der Waals surface area (Å²) in [5.41, 5.74) is 2.03. The van der Waals surface area contributed by atoms with Gasteiger partial charge in [0.15, 0.2) is 0 Å². The summed E-state index contributed by atoms with van der Waals surface area (Å²) in [5.74, 6) is 1.51. The van der Waals surface area contributed by atoms with Crippen molar-refractivity contribution < 1.29 is 9.32 Å². The Balaban J connectivity index is 1.37. The van der Waals surface area contributed by atoms with E-state index in [1.165, 1.54) is 37.7 Å². The fraction of sp³-hybridized carbons (Fsp3) is 0.391. The quantitative estimate of drug-likeness (QED) is 0.642. The zero-order valence-corrected chi connectivity index (χ0v) is 16.5. The molecule has 1 fully saturated rings. The van der Waals surface area contributed by atoms with Crippen LogP contribution in [-0.2, 0) is 11.2 Å². The maximum atomic E-state index is 12.7. The summed E-state index contributed by atoms with van der Waals surface area (Å²) in [7, 11) is 0. The van der Waals surface area contributed by atoms with E-state index in [1.54, 1.807) is 12.4 Å². The van der Waals surface area contributed by atoms with Crippen LogP contribution in [0.5, 0.6) is 0 Å². The van der Waals surface area contributed by atoms with E-state index in [1.807, 2.05) is 30.3 Å². The van der Waals surface area contributed by atoms with Gasteiger partial charge in [-0.15, -0.1) is 0 Å². The Morgan fingerprint density at radius 2 is 1.83 bits per heavy atom. The first-order valence-corrected chi connectivity index (χ1v) is 10.4. The number of nitrogens with zero attached hydrogens (tertiary/aromatic N) is 3. The normalized spacial score (nSPS) is 15.7. The number of carbonyl (C=O) groups is 1. The average Bonchev–Trinajstić information content (AvgIpc) is 3.27. The van der Waals surface area contributed by atoms with Gasteiger partial charge in [-0.1, -0.05) is 54.8 Å². The Morgan fingerprint density at radius 1 is 1.07 bits per heavy atom. The summed E-state index contributed by atoms with van der Waals surface area (Å²) in [6, 6.07) is 14.0. The number of aryl methyl sites for hydroxylation is 1. The Hall–Kier alpha value is -3.02. The third-order valence-electron chi connectivity index (χ3n) is 5.57. The van der Waals surface area contributed by atoms with Crippen molar-refractivity contribution in [1.29, 1.82) is 0 Å². The largest absolute Gasteiger partial charge is 0.349 e. The van der Waals surface area contributed by atoms with Crippen LogP contribution in [0.2, 0.25) is 0 Å². The molecular weight excluding hydrogens is 364 g/mol. The van der Waals surface area contributed by atoms with Crippen molar-refractivity contribution >= 4 is 5.91 Å². The average molecular weight is 390 g/mol. The highest BCUT2D eigenvalue weighted by Crippen LogP contribution is 2.34. The number of benzene rings is 1. The van der Waals surface area contributed by atoms with Crippen LogP contribution in [-0.4, -0.2) is 21.0 Å². The lowest BCUT2D eigenvalue weighted by Gasteiger charge is -2.31. The molecule has 4 rings (SSSR count). The topological polar surface area (TPSA) is 80.9 Å². The third kappa shape index (κ3) is 5.08. The number of carbonyl (C=O) groups excluding carboxylic acids is 1. The van der Waals surface area contributed by atoms with Crippen molar-refractivity contribution in [3.8, 4) is 11.4 Å². The first-order chi connectivity index (χ1) is 14.3. The van der Waals surface area contributed by atoms with Crippen LogP contribution in [0.15, 0.2) is 59.4 Å². The molecule has 6 heteroatoms. The Labute approximate surface area is 170 Å². The molecule has 0 radical (unpaired) electrons. The zero-order valence-electron chi connectivity index (χ0n) is 16.5. The minimum atomic E-state index is 0.0214. The molecule has 1 unspecified atom stereocenters. The second-order valence-electron chi connectivity index (χ2n) is 7.60. The molecule has 1 amide bonds. The van der Waals surface area contributed by atoms with Gasteiger partial charge in [0.05, 0.1) is 6.04 Å². The van der Waals surface area contributed by atoms with Gasteiger partial charge < -0.3 is 9.84 Å². The van der Waals surface area contributed by atoms with E-state index >= 15 is 0 Å². The van der Waals surface area contributed by atoms with Crippen molar-refractivity contribution in [2.45, 2.75) is 51.0 Å². The molecule has 1 aliphatic carbocycles. The number of aromatic nitrogens is 3. The fourth-order valence-electron chi connectivity index (χ4n) is 4.04. The van der Waals surface area contributed by atoms with E-state index in [4.69, 9.17) is 4.52 Å². The van der Waals surface area contributed by atoms with Crippen molar-refractivity contribution in [3.63, 3.8) is 0 Å². The first-order valence-electron chi connectivity index (χ1n) is 10.4. The molecule has 0 aliphatic heterocycles. The Bertz CT molecular complexity index is 905. The summed E-state index contributed by atoms with van der Waals surface area (Å²) in [6.45, 7) is 0. The number of amides is 1. The number of rotatable bonds is 7. The molecule has 0 spiro atoms. The number of hydrogen-bond acceptors (Lipinski definition) is 5. The molecule has 3 aromatic rings. The van der Waals surface area contributed by atoms with E-state index in [-0.39, 0.29) is 11.9 Å². The molecule has 1 atom stereocenters. The second kappa shape index (κ2) is 9.45. The lowest BCUT2D eigenvalue weighted by molar-refractivity contribution is -0.122. The van der Waals surface area contributed by atoms with Gasteiger partial charge in [0.1, 0.15) is 0 Å². The first kappa shape index (κ1) is 19.3. The maximum absolute atomic E-state index is 12.7. The van der Waals surface area contributed by atoms with Crippen LogP contribution in [0.4, 0.5) is 0 Å². The molecule has 6 nitrogen and oxygen atoms in total. The van der Waals surface area contributed by atoms with Crippen molar-refractivity contribution in [2.75, 3.05) is 0 Å². The lowest BCUT2D eigenvalue weighted by atomic mass is 9.81. The fourth-order valence-corrected chi connectivity index (χ4v) is 4.04. The molecule has 0 bridgehead atoms. The SMILES string of the molecule is O=C(CCc1nc(-c2ccncc2)no1)NC(c1ccccc1)C1CCCCC1. The standard InChI is InChI=1S/C23H26N4O2/c28-20(11-12-21-26-23(27-29-21)19-13-15-24-16-14-19)25-22(17-7-3-1-4-8-17)18-9-5-2-6-10-18/h1,3-4,7-8,13-16,18,22H,2,5-6,9-12H2,(H,25,28). The predicted molar refractivity (Wildman–Crippen MR) is 110 cm³/mol. The van der Waals surface area contributed by atoms with Crippen molar-refractivity contribution in [2.24, 2.45) is 5.92 Å². The van der Waals surface area contributed by atoms with Crippen molar-refractivity contribution in [1.82, 2.24) is 20.4 Å². The minimum Gasteiger partial charge on any atom is -0.349 e. The molecule has 1 saturated carbocycles. The maximum Gasteiger partial charge on any atom is 0.227 e. The lowest BCUT2D eigenvalue weighted by Crippen LogP contribution is -2.34. The summed E-state index contributed by atoms with van der Waals surface area (Å²) >= 11 is 0. The Kier molecular flexibility index (Phi) is 6.29. The number of hydrogen-bond donors (Lipinski definition) is 1. The van der Waals surface area contributed by atoms with Gasteiger partial charge in [0, 0.05) is 30.8 Å². The third-order valence-corrected chi connectivity index (χ3v) is 5.57. The van der Waals surface area contributed by atoms with E-state index in [2.05, 4.69) is 32.6 Å². The summed E-state index contributed by atoms with van der Waals surface area (Å²) in [5, 5.41) is 7.28. The number of pyridine rings is 1. The predicted octanol–water partition coefficient (Wildman–Crippen LogP) is 4.50. The van der Waals surface area contributed by atoms with E-state index in [0.717, 1.165) is 5.56 Å². The van der Waals surface area contributed by atoms with Gasteiger partial charge in [-0.3, -0.25) is 9.78 Å². The summed E-state index contributed by atoms with van der Waals surface area (Å²) < 4.78 is 5.31. The van der Waals surface area contributed by atoms with Gasteiger partial charge in [0.2, 0.25) is 17.6 Å². The van der Waals surface area contributed by atoms with Crippen LogP contribution in [0.1, 0.15) is 56.0 Å². The molecular formula is C23H26N4O2. The highest BCUT2D eigenvalue weighted by molar-refractivity contribution is 5.76. The van der Waals surface area contributed by atoms with Crippen LogP contribution >= 0.6 is 0 Å². The van der Waals surface area contributed by atoms with Crippen LogP contribution in [0.25, 0.3) is 11.4 Å². The summed E-state index contributed by atoms with van der Waals surface area (Å²) in [4.78, 5) is 21.1. The zero-order chi connectivity index (χ0) is 19.9. The minimum absolute atomic E-state index is 0.0214. The van der Waals surface area contributed by atoms with Gasteiger partial charge in [0.25, 0.3) is 0 Å². The van der Waals surface area contributed by atoms with Crippen LogP contribution < -0.4 is 5.32 Å². The Morgan fingerprint density at radius 3 is 2.59 bits per heavy atom. The monoisotopic (exact) mass is 390 g/mol. The summed E-state index contributed by atoms with van der Waals surface area (Å²) in [6.07, 6.45) is 10.2. The molecule has 0 saturated heterocycles. The molecule has 1 aromatic carbocycles. The van der Waals surface area contributed by atoms with Crippen LogP contribution in [0, 0.1) is 5.92 Å². The van der Waals surface area contributed by atoms with Gasteiger partial charge >= 0.3 is 0 Å². The molecule has 1 aliphatic rings. The highest BCUT2D eigenvalue weighted by atomic mass is 16.5. The highest BCUT2D eigenvalue weighted by Gasteiger charge is 2.26. The molecule has 150 valence electrons. The van der Waals surface area contributed by atoms with Gasteiger partial charge in [-0.2, -0.15) is 4.98 Å². The van der Waals surface area contributed by atoms with E-state index in [9.17, 15) is 4.79 Å². The van der Waals surface area contributed by atoms with E-state index in [0.29, 0.717) is 30.5 Å². The van der Waals surface area contributed by atoms with Gasteiger partial charge in [-0.25, -0.2) is 0 Å². The molecule has 1 N–H and O–H groups in total. The van der Waals surface area contributed by atoms with Crippen LogP contribution in [0.3, 0.4) is 0 Å². The molecule has 29 heavy (non-hydrogen) atoms. The van der Waals surface area contributed by atoms with Gasteiger partial charge in [-0.05, 0) is 36.5 Å². The number of nitrogens with one attached hydrogen (secondary N) is 1. The van der Waals surface area contributed by atoms with E-state index < -0.39 is 0 Å². The smallest absolute Gasteiger partial charge is 0.227 e. The molecule has 2 heterocycles. The second-order valence-corrected chi connectivity index (χ2v) is 7.60.